The van der Waals surface area contributed by atoms with Crippen LogP contribution in [-0.2, 0) is 6.54 Å². The summed E-state index contributed by atoms with van der Waals surface area (Å²) in [6.45, 7) is 0.305. The maximum absolute atomic E-state index is 12.9. The van der Waals surface area contributed by atoms with Gasteiger partial charge in [-0.05, 0) is 42.0 Å². The van der Waals surface area contributed by atoms with Crippen molar-refractivity contribution in [3.8, 4) is 5.75 Å². The Morgan fingerprint density at radius 1 is 1.00 bits per heavy atom. The second-order valence-electron chi connectivity index (χ2n) is 5.40. The van der Waals surface area contributed by atoms with E-state index in [-0.39, 0.29) is 10.0 Å². The normalized spacial score (nSPS) is 10.3. The molecule has 2 amide bonds. The van der Waals surface area contributed by atoms with Crippen molar-refractivity contribution in [1.29, 1.82) is 0 Å². The van der Waals surface area contributed by atoms with Crippen molar-refractivity contribution < 1.29 is 18.7 Å². The number of amides is 2. The first-order chi connectivity index (χ1) is 13.0. The number of aromatic nitrogens is 2. The SMILES string of the molecule is COc1ccc(CNC(=O)c2nnc(C(=O)Nc3ccc(F)cc3)s2)cc1. The molecule has 3 aromatic rings. The van der Waals surface area contributed by atoms with Crippen LogP contribution in [0.4, 0.5) is 10.1 Å². The largest absolute Gasteiger partial charge is 0.497 e. The van der Waals surface area contributed by atoms with Crippen molar-refractivity contribution in [2.45, 2.75) is 6.54 Å². The predicted octanol–water partition coefficient (Wildman–Crippen LogP) is 2.87. The van der Waals surface area contributed by atoms with E-state index in [1.165, 1.54) is 24.3 Å². The second kappa shape index (κ2) is 8.37. The minimum Gasteiger partial charge on any atom is -0.497 e. The van der Waals surface area contributed by atoms with Crippen LogP contribution in [-0.4, -0.2) is 29.1 Å². The summed E-state index contributed by atoms with van der Waals surface area (Å²) in [6, 6.07) is 12.6. The van der Waals surface area contributed by atoms with Crippen LogP contribution in [0.5, 0.6) is 5.75 Å². The lowest BCUT2D eigenvalue weighted by Crippen LogP contribution is -2.22. The first-order valence-electron chi connectivity index (χ1n) is 7.86. The highest BCUT2D eigenvalue weighted by atomic mass is 32.1. The molecule has 138 valence electrons. The van der Waals surface area contributed by atoms with E-state index in [2.05, 4.69) is 20.8 Å². The number of rotatable bonds is 6. The Hall–Kier alpha value is -3.33. The number of nitrogens with zero attached hydrogens (tertiary/aromatic N) is 2. The first kappa shape index (κ1) is 18.5. The molecule has 0 bridgehead atoms. The average Bonchev–Trinajstić information content (AvgIpc) is 3.19. The maximum atomic E-state index is 12.9. The third-order valence-electron chi connectivity index (χ3n) is 3.53. The van der Waals surface area contributed by atoms with Crippen molar-refractivity contribution in [3.63, 3.8) is 0 Å². The number of halogens is 1. The van der Waals surface area contributed by atoms with Gasteiger partial charge >= 0.3 is 0 Å². The Bertz CT molecular complexity index is 942. The van der Waals surface area contributed by atoms with Gasteiger partial charge < -0.3 is 15.4 Å². The fraction of sp³-hybridized carbons (Fsp3) is 0.111. The third-order valence-corrected chi connectivity index (χ3v) is 4.45. The second-order valence-corrected chi connectivity index (χ2v) is 6.38. The monoisotopic (exact) mass is 386 g/mol. The van der Waals surface area contributed by atoms with Crippen LogP contribution in [0.15, 0.2) is 48.5 Å². The first-order valence-corrected chi connectivity index (χ1v) is 8.68. The molecule has 0 aliphatic carbocycles. The van der Waals surface area contributed by atoms with Gasteiger partial charge in [-0.1, -0.05) is 23.5 Å². The standard InChI is InChI=1S/C18H15FN4O3S/c1-26-14-8-2-11(3-9-14)10-20-15(24)17-22-23-18(27-17)16(25)21-13-6-4-12(19)5-7-13/h2-9H,10H2,1H3,(H,20,24)(H,21,25). The fourth-order valence-corrected chi connectivity index (χ4v) is 2.78. The Labute approximate surface area is 158 Å². The number of anilines is 1. The fourth-order valence-electron chi connectivity index (χ4n) is 2.13. The molecule has 9 heteroatoms. The van der Waals surface area contributed by atoms with E-state index < -0.39 is 17.6 Å². The van der Waals surface area contributed by atoms with Gasteiger partial charge in [0.25, 0.3) is 11.8 Å². The molecule has 0 aliphatic heterocycles. The van der Waals surface area contributed by atoms with E-state index in [4.69, 9.17) is 4.74 Å². The van der Waals surface area contributed by atoms with Crippen LogP contribution >= 0.6 is 11.3 Å². The van der Waals surface area contributed by atoms with Gasteiger partial charge in [-0.15, -0.1) is 10.2 Å². The Morgan fingerprint density at radius 3 is 2.26 bits per heavy atom. The summed E-state index contributed by atoms with van der Waals surface area (Å²) in [5, 5.41) is 12.9. The van der Waals surface area contributed by atoms with Gasteiger partial charge in [-0.3, -0.25) is 9.59 Å². The highest BCUT2D eigenvalue weighted by Gasteiger charge is 2.17. The summed E-state index contributed by atoms with van der Waals surface area (Å²) < 4.78 is 18.0. The minimum atomic E-state index is -0.520. The zero-order valence-electron chi connectivity index (χ0n) is 14.2. The number of methoxy groups -OCH3 is 1. The van der Waals surface area contributed by atoms with Crippen molar-refractivity contribution in [2.24, 2.45) is 0 Å². The van der Waals surface area contributed by atoms with Crippen LogP contribution in [0.25, 0.3) is 0 Å². The topological polar surface area (TPSA) is 93.2 Å². The number of hydrogen-bond acceptors (Lipinski definition) is 6. The number of hydrogen-bond donors (Lipinski definition) is 2. The van der Waals surface area contributed by atoms with Crippen LogP contribution in [0, 0.1) is 5.82 Å². The lowest BCUT2D eigenvalue weighted by Gasteiger charge is -2.04. The molecule has 1 heterocycles. The number of benzene rings is 2. The van der Waals surface area contributed by atoms with E-state index in [0.717, 1.165) is 22.6 Å². The maximum Gasteiger partial charge on any atom is 0.286 e. The van der Waals surface area contributed by atoms with Gasteiger partial charge in [0.1, 0.15) is 11.6 Å². The van der Waals surface area contributed by atoms with Gasteiger partial charge in [0, 0.05) is 12.2 Å². The molecule has 2 aromatic carbocycles. The van der Waals surface area contributed by atoms with E-state index in [0.29, 0.717) is 12.2 Å². The number of nitrogens with one attached hydrogen (secondary N) is 2. The predicted molar refractivity (Wildman–Crippen MR) is 98.4 cm³/mol. The highest BCUT2D eigenvalue weighted by Crippen LogP contribution is 2.15. The van der Waals surface area contributed by atoms with Gasteiger partial charge in [-0.25, -0.2) is 4.39 Å². The van der Waals surface area contributed by atoms with Crippen LogP contribution in [0.3, 0.4) is 0 Å². The number of carbonyl (C=O) groups excluding carboxylic acids is 2. The summed E-state index contributed by atoms with van der Waals surface area (Å²) in [5.74, 6) is -0.622. The van der Waals surface area contributed by atoms with E-state index in [9.17, 15) is 14.0 Å². The number of ether oxygens (including phenoxy) is 1. The molecule has 7 nitrogen and oxygen atoms in total. The highest BCUT2D eigenvalue weighted by molar-refractivity contribution is 7.15. The molecule has 1 aromatic heterocycles. The summed E-state index contributed by atoms with van der Waals surface area (Å²) in [5.41, 5.74) is 1.31. The van der Waals surface area contributed by atoms with Gasteiger partial charge in [-0.2, -0.15) is 0 Å². The van der Waals surface area contributed by atoms with Gasteiger partial charge in [0.15, 0.2) is 0 Å². The van der Waals surface area contributed by atoms with E-state index in [1.807, 2.05) is 12.1 Å². The molecule has 27 heavy (non-hydrogen) atoms. The molecule has 0 fully saturated rings. The minimum absolute atomic E-state index is 0.0360. The van der Waals surface area contributed by atoms with Crippen molar-refractivity contribution in [3.05, 3.63) is 69.9 Å². The zero-order valence-corrected chi connectivity index (χ0v) is 15.0. The van der Waals surface area contributed by atoms with E-state index in [1.54, 1.807) is 19.2 Å². The lowest BCUT2D eigenvalue weighted by atomic mass is 10.2. The van der Waals surface area contributed by atoms with Crippen LogP contribution < -0.4 is 15.4 Å². The Kier molecular flexibility index (Phi) is 5.72. The molecule has 0 saturated carbocycles. The quantitative estimate of drug-likeness (QED) is 0.680. The molecule has 3 rings (SSSR count). The van der Waals surface area contributed by atoms with Crippen molar-refractivity contribution in [2.75, 3.05) is 12.4 Å². The molecule has 0 radical (unpaired) electrons. The Balaban J connectivity index is 1.57. The molecular weight excluding hydrogens is 371 g/mol. The number of carbonyl (C=O) groups is 2. The molecule has 0 unspecified atom stereocenters. The summed E-state index contributed by atoms with van der Waals surface area (Å²) in [7, 11) is 1.58. The van der Waals surface area contributed by atoms with Crippen molar-refractivity contribution >= 4 is 28.8 Å². The van der Waals surface area contributed by atoms with Crippen LogP contribution in [0.1, 0.15) is 25.2 Å². The molecular formula is C18H15FN4O3S. The summed E-state index contributed by atoms with van der Waals surface area (Å²) >= 11 is 0.872. The molecule has 0 saturated heterocycles. The van der Waals surface area contributed by atoms with Crippen molar-refractivity contribution in [1.82, 2.24) is 15.5 Å². The smallest absolute Gasteiger partial charge is 0.286 e. The third kappa shape index (κ3) is 4.85. The van der Waals surface area contributed by atoms with Gasteiger partial charge in [0.2, 0.25) is 10.0 Å². The zero-order chi connectivity index (χ0) is 19.2. The Morgan fingerprint density at radius 2 is 1.63 bits per heavy atom. The van der Waals surface area contributed by atoms with Gasteiger partial charge in [0.05, 0.1) is 7.11 Å². The molecule has 2 N–H and O–H groups in total. The van der Waals surface area contributed by atoms with E-state index >= 15 is 0 Å². The van der Waals surface area contributed by atoms with Crippen LogP contribution in [0.2, 0.25) is 0 Å². The summed E-state index contributed by atoms with van der Waals surface area (Å²) in [4.78, 5) is 24.3. The average molecular weight is 386 g/mol. The lowest BCUT2D eigenvalue weighted by molar-refractivity contribution is 0.0948. The summed E-state index contributed by atoms with van der Waals surface area (Å²) in [6.07, 6.45) is 0. The molecule has 0 spiro atoms. The molecule has 0 aliphatic rings. The molecule has 0 atom stereocenters.